The summed E-state index contributed by atoms with van der Waals surface area (Å²) >= 11 is 0. The molecule has 0 unspecified atom stereocenters. The Hall–Kier alpha value is -3.19. The number of hydrogen-bond acceptors (Lipinski definition) is 7. The van der Waals surface area contributed by atoms with Crippen molar-refractivity contribution in [1.82, 2.24) is 4.90 Å². The van der Waals surface area contributed by atoms with E-state index in [-0.39, 0.29) is 18.3 Å². The maximum absolute atomic E-state index is 12.9. The molecule has 7 heteroatoms. The highest BCUT2D eigenvalue weighted by Crippen LogP contribution is 2.46. The number of rotatable bonds is 13. The average Bonchev–Trinajstić information content (AvgIpc) is 3.39. The Morgan fingerprint density at radius 3 is 2.41 bits per heavy atom. The molecule has 1 aliphatic rings. The number of aryl methyl sites for hydroxylation is 1. The minimum absolute atomic E-state index is 0.104. The lowest BCUT2D eigenvalue weighted by Gasteiger charge is -2.26. The molecule has 0 saturated carbocycles. The Bertz CT molecular complexity index is 1260. The van der Waals surface area contributed by atoms with Crippen LogP contribution < -0.4 is 24.6 Å². The van der Waals surface area contributed by atoms with E-state index in [0.717, 1.165) is 85.3 Å². The van der Waals surface area contributed by atoms with Gasteiger partial charge in [0.2, 0.25) is 6.79 Å². The van der Waals surface area contributed by atoms with Crippen molar-refractivity contribution < 1.29 is 23.4 Å². The molecule has 0 amide bonds. The smallest absolute Gasteiger partial charge is 0.336 e. The molecule has 7 nitrogen and oxygen atoms in total. The molecule has 4 rings (SSSR count). The fourth-order valence-corrected chi connectivity index (χ4v) is 5.26. The molecule has 0 aliphatic carbocycles. The van der Waals surface area contributed by atoms with E-state index in [4.69, 9.17) is 23.4 Å². The Morgan fingerprint density at radius 2 is 1.70 bits per heavy atom. The lowest BCUT2D eigenvalue weighted by atomic mass is 9.85. The van der Waals surface area contributed by atoms with Gasteiger partial charge in [0.05, 0.1) is 19.6 Å². The largest absolute Gasteiger partial charge is 0.496 e. The quantitative estimate of drug-likeness (QED) is 0.203. The number of benzene rings is 2. The van der Waals surface area contributed by atoms with Gasteiger partial charge in [0.25, 0.3) is 0 Å². The van der Waals surface area contributed by atoms with Gasteiger partial charge >= 0.3 is 5.63 Å². The molecular weight excluding hydrogens is 470 g/mol. The van der Waals surface area contributed by atoms with Crippen LogP contribution >= 0.6 is 0 Å². The SMILES string of the molecule is CCCCCc1cc(=O)oc2c([C@H](CCN(CC)CC)c3ccc4c(c3)OCO4)c(OC)cc(OC)c12. The summed E-state index contributed by atoms with van der Waals surface area (Å²) in [5, 5.41) is 0.850. The van der Waals surface area contributed by atoms with Crippen LogP contribution in [0.15, 0.2) is 39.5 Å². The third-order valence-corrected chi connectivity index (χ3v) is 7.33. The van der Waals surface area contributed by atoms with Crippen molar-refractivity contribution in [2.45, 2.75) is 58.8 Å². The van der Waals surface area contributed by atoms with Crippen LogP contribution in [0.25, 0.3) is 11.0 Å². The third-order valence-electron chi connectivity index (χ3n) is 7.33. The Labute approximate surface area is 219 Å². The van der Waals surface area contributed by atoms with Gasteiger partial charge in [-0.1, -0.05) is 39.7 Å². The lowest BCUT2D eigenvalue weighted by molar-refractivity contribution is 0.174. The van der Waals surface area contributed by atoms with E-state index in [2.05, 4.69) is 31.7 Å². The molecule has 0 radical (unpaired) electrons. The molecule has 2 heterocycles. The fraction of sp³-hybridized carbons (Fsp3) is 0.500. The van der Waals surface area contributed by atoms with Gasteiger partial charge in [-0.2, -0.15) is 0 Å². The minimum atomic E-state index is -0.358. The molecular formula is C30H39NO6. The van der Waals surface area contributed by atoms with Gasteiger partial charge in [-0.05, 0) is 62.2 Å². The summed E-state index contributed by atoms with van der Waals surface area (Å²) in [5.74, 6) is 2.65. The van der Waals surface area contributed by atoms with Gasteiger partial charge in [0.15, 0.2) is 11.5 Å². The topological polar surface area (TPSA) is 70.4 Å². The first-order valence-corrected chi connectivity index (χ1v) is 13.4. The van der Waals surface area contributed by atoms with Gasteiger partial charge in [0.1, 0.15) is 17.1 Å². The van der Waals surface area contributed by atoms with Crippen LogP contribution in [0.3, 0.4) is 0 Å². The van der Waals surface area contributed by atoms with Crippen molar-refractivity contribution in [2.24, 2.45) is 0 Å². The van der Waals surface area contributed by atoms with Crippen LogP contribution in [-0.2, 0) is 6.42 Å². The predicted molar refractivity (Wildman–Crippen MR) is 146 cm³/mol. The van der Waals surface area contributed by atoms with Gasteiger partial charge in [-0.3, -0.25) is 0 Å². The van der Waals surface area contributed by atoms with Crippen LogP contribution in [0.2, 0.25) is 0 Å². The highest BCUT2D eigenvalue weighted by molar-refractivity contribution is 5.92. The number of ether oxygens (including phenoxy) is 4. The first-order chi connectivity index (χ1) is 18.0. The zero-order valence-electron chi connectivity index (χ0n) is 22.7. The molecule has 0 spiro atoms. The molecule has 200 valence electrons. The van der Waals surface area contributed by atoms with Gasteiger partial charge in [-0.25, -0.2) is 4.79 Å². The van der Waals surface area contributed by atoms with Crippen molar-refractivity contribution in [3.8, 4) is 23.0 Å². The van der Waals surface area contributed by atoms with Gasteiger partial charge in [-0.15, -0.1) is 0 Å². The molecule has 2 aromatic carbocycles. The first-order valence-electron chi connectivity index (χ1n) is 13.4. The maximum atomic E-state index is 12.9. The van der Waals surface area contributed by atoms with Crippen LogP contribution in [0.1, 0.15) is 69.1 Å². The molecule has 0 bridgehead atoms. The summed E-state index contributed by atoms with van der Waals surface area (Å²) < 4.78 is 29.0. The van der Waals surface area contributed by atoms with E-state index < -0.39 is 0 Å². The third kappa shape index (κ3) is 5.72. The fourth-order valence-electron chi connectivity index (χ4n) is 5.26. The summed E-state index contributed by atoms with van der Waals surface area (Å²) in [4.78, 5) is 15.3. The number of methoxy groups -OCH3 is 2. The number of nitrogens with zero attached hydrogens (tertiary/aromatic N) is 1. The van der Waals surface area contributed by atoms with E-state index in [9.17, 15) is 4.79 Å². The van der Waals surface area contributed by atoms with Crippen molar-refractivity contribution in [2.75, 3.05) is 40.6 Å². The summed E-state index contributed by atoms with van der Waals surface area (Å²) in [6, 6.07) is 9.60. The molecule has 0 fully saturated rings. The van der Waals surface area contributed by atoms with Crippen LogP contribution in [-0.4, -0.2) is 45.5 Å². The normalized spacial score (nSPS) is 13.4. The van der Waals surface area contributed by atoms with E-state index in [0.29, 0.717) is 17.1 Å². The van der Waals surface area contributed by atoms with Crippen molar-refractivity contribution in [3.05, 3.63) is 57.4 Å². The minimum Gasteiger partial charge on any atom is -0.496 e. The number of hydrogen-bond donors (Lipinski definition) is 0. The van der Waals surface area contributed by atoms with E-state index >= 15 is 0 Å². The zero-order chi connectivity index (χ0) is 26.4. The van der Waals surface area contributed by atoms with E-state index in [1.807, 2.05) is 18.2 Å². The molecule has 1 aliphatic heterocycles. The standard InChI is InChI=1S/C30H39NO6/c1-6-9-10-11-21-17-27(32)37-30-28(21)25(33-4)18-26(34-5)29(30)22(14-15-31(7-2)8-3)20-12-13-23-24(16-20)36-19-35-23/h12-13,16-18,22H,6-11,14-15,19H2,1-5H3/t22-/m1/s1. The summed E-state index contributed by atoms with van der Waals surface area (Å²) in [6.45, 7) is 9.53. The highest BCUT2D eigenvalue weighted by Gasteiger charge is 2.28. The van der Waals surface area contributed by atoms with Crippen LogP contribution in [0, 0.1) is 0 Å². The Balaban J connectivity index is 1.94. The Kier molecular flexibility index (Phi) is 8.98. The summed E-state index contributed by atoms with van der Waals surface area (Å²) in [7, 11) is 3.29. The highest BCUT2D eigenvalue weighted by atomic mass is 16.7. The molecule has 0 N–H and O–H groups in total. The first kappa shape index (κ1) is 26.9. The Morgan fingerprint density at radius 1 is 0.946 bits per heavy atom. The van der Waals surface area contributed by atoms with E-state index in [1.54, 1.807) is 20.3 Å². The second kappa shape index (κ2) is 12.4. The lowest BCUT2D eigenvalue weighted by Crippen LogP contribution is -2.25. The van der Waals surface area contributed by atoms with Gasteiger partial charge in [0, 0.05) is 23.6 Å². The zero-order valence-corrected chi connectivity index (χ0v) is 22.7. The number of fused-ring (bicyclic) bond motifs is 2. The van der Waals surface area contributed by atoms with Crippen molar-refractivity contribution >= 4 is 11.0 Å². The van der Waals surface area contributed by atoms with Crippen LogP contribution in [0.4, 0.5) is 0 Å². The predicted octanol–water partition coefficient (Wildman–Crippen LogP) is 6.14. The molecule has 1 aromatic heterocycles. The second-order valence-electron chi connectivity index (χ2n) is 9.43. The molecule has 0 saturated heterocycles. The van der Waals surface area contributed by atoms with Crippen molar-refractivity contribution in [3.63, 3.8) is 0 Å². The molecule has 1 atom stereocenters. The average molecular weight is 510 g/mol. The molecule has 3 aromatic rings. The number of unbranched alkanes of at least 4 members (excludes halogenated alkanes) is 2. The monoisotopic (exact) mass is 509 g/mol. The van der Waals surface area contributed by atoms with E-state index in [1.165, 1.54) is 0 Å². The molecule has 37 heavy (non-hydrogen) atoms. The summed E-state index contributed by atoms with van der Waals surface area (Å²) in [6.07, 6.45) is 4.78. The second-order valence-corrected chi connectivity index (χ2v) is 9.43. The maximum Gasteiger partial charge on any atom is 0.336 e. The van der Waals surface area contributed by atoms with Crippen LogP contribution in [0.5, 0.6) is 23.0 Å². The van der Waals surface area contributed by atoms with Crippen molar-refractivity contribution in [1.29, 1.82) is 0 Å². The summed E-state index contributed by atoms with van der Waals surface area (Å²) in [5.41, 5.74) is 3.05. The van der Waals surface area contributed by atoms with Gasteiger partial charge < -0.3 is 28.3 Å².